The third-order valence-electron chi connectivity index (χ3n) is 9.07. The quantitative estimate of drug-likeness (QED) is 0.552. The molecule has 0 aromatic heterocycles. The van der Waals surface area contributed by atoms with E-state index in [4.69, 9.17) is 0 Å². The van der Waals surface area contributed by atoms with E-state index < -0.39 is 12.2 Å². The van der Waals surface area contributed by atoms with Crippen LogP contribution in [0.15, 0.2) is 35.5 Å². The Labute approximate surface area is 183 Å². The first kappa shape index (κ1) is 22.3. The van der Waals surface area contributed by atoms with Gasteiger partial charge in [-0.05, 0) is 104 Å². The second-order valence-electron chi connectivity index (χ2n) is 11.1. The maximum Gasteiger partial charge on any atom is 0.0811 e. The van der Waals surface area contributed by atoms with Gasteiger partial charge in [-0.3, -0.25) is 0 Å². The molecule has 4 saturated carbocycles. The van der Waals surface area contributed by atoms with E-state index in [1.165, 1.54) is 44.9 Å². The highest BCUT2D eigenvalue weighted by Gasteiger charge is 2.50. The number of aliphatic hydroxyl groups excluding tert-OH is 3. The van der Waals surface area contributed by atoms with Crippen molar-refractivity contribution in [2.24, 2.45) is 29.1 Å². The molecular weight excluding hydrogens is 372 g/mol. The molecule has 7 atom stereocenters. The second kappa shape index (κ2) is 8.92. The van der Waals surface area contributed by atoms with Crippen molar-refractivity contribution in [2.45, 2.75) is 103 Å². The summed E-state index contributed by atoms with van der Waals surface area (Å²) >= 11 is 0. The average Bonchev–Trinajstić information content (AvgIpc) is 3.49. The summed E-state index contributed by atoms with van der Waals surface area (Å²) in [5.41, 5.74) is 3.72. The topological polar surface area (TPSA) is 60.7 Å². The molecule has 4 aliphatic carbocycles. The Morgan fingerprint density at radius 3 is 2.63 bits per heavy atom. The molecule has 168 valence electrons. The van der Waals surface area contributed by atoms with Crippen LogP contribution >= 0.6 is 0 Å². The largest absolute Gasteiger partial charge is 0.393 e. The minimum absolute atomic E-state index is 0.0693. The Balaban J connectivity index is 1.44. The molecule has 0 aromatic rings. The van der Waals surface area contributed by atoms with Crippen LogP contribution in [-0.4, -0.2) is 33.6 Å². The first-order valence-electron chi connectivity index (χ1n) is 12.4. The predicted octanol–water partition coefficient (Wildman–Crippen LogP) is 5.31. The molecule has 0 aromatic carbocycles. The van der Waals surface area contributed by atoms with E-state index in [9.17, 15) is 15.3 Å². The van der Waals surface area contributed by atoms with Gasteiger partial charge in [0.15, 0.2) is 0 Å². The van der Waals surface area contributed by atoms with Crippen LogP contribution in [0.25, 0.3) is 0 Å². The Morgan fingerprint density at radius 2 is 1.90 bits per heavy atom. The third-order valence-corrected chi connectivity index (χ3v) is 9.07. The van der Waals surface area contributed by atoms with E-state index >= 15 is 0 Å². The molecular formula is C27H42O3. The maximum atomic E-state index is 10.3. The molecule has 7 unspecified atom stereocenters. The van der Waals surface area contributed by atoms with Crippen LogP contribution in [0.1, 0.15) is 84.5 Å². The zero-order valence-electron chi connectivity index (χ0n) is 19.0. The van der Waals surface area contributed by atoms with Gasteiger partial charge in [-0.1, -0.05) is 38.2 Å². The van der Waals surface area contributed by atoms with Crippen LogP contribution in [0.5, 0.6) is 0 Å². The first-order chi connectivity index (χ1) is 14.3. The van der Waals surface area contributed by atoms with Crippen molar-refractivity contribution in [1.82, 2.24) is 0 Å². The Kier molecular flexibility index (Phi) is 6.63. The zero-order chi connectivity index (χ0) is 21.5. The van der Waals surface area contributed by atoms with E-state index in [0.29, 0.717) is 36.0 Å². The van der Waals surface area contributed by atoms with Crippen molar-refractivity contribution in [3.8, 4) is 0 Å². The lowest BCUT2D eigenvalue weighted by molar-refractivity contribution is 0.0784. The van der Waals surface area contributed by atoms with Crippen LogP contribution in [0.2, 0.25) is 0 Å². The predicted molar refractivity (Wildman–Crippen MR) is 122 cm³/mol. The van der Waals surface area contributed by atoms with E-state index in [-0.39, 0.29) is 6.10 Å². The molecule has 4 aliphatic rings. The lowest BCUT2D eigenvalue weighted by atomic mass is 9.60. The molecule has 3 N–H and O–H groups in total. The van der Waals surface area contributed by atoms with E-state index in [1.807, 2.05) is 0 Å². The van der Waals surface area contributed by atoms with Gasteiger partial charge in [0.1, 0.15) is 0 Å². The standard InChI is InChI=1S/C27H42O3/c1-17(6-13-25(29)20-8-9-20)23-11-12-24-19(5-4-14-27(23,24)3)7-10-21-15-22(28)16-26(30)18(21)2/h7,10,17,20,22-26,28-30H,2,4-6,8-9,11-16H2,1,3H3. The van der Waals surface area contributed by atoms with Crippen LogP contribution in [0.4, 0.5) is 0 Å². The molecule has 0 radical (unpaired) electrons. The first-order valence-corrected chi connectivity index (χ1v) is 12.4. The lowest BCUT2D eigenvalue weighted by Crippen LogP contribution is -2.36. The maximum absolute atomic E-state index is 10.3. The molecule has 0 amide bonds. The van der Waals surface area contributed by atoms with Gasteiger partial charge in [0.05, 0.1) is 18.3 Å². The fraction of sp³-hybridized carbons (Fsp3) is 0.778. The number of fused-ring (bicyclic) bond motifs is 1. The Morgan fingerprint density at radius 1 is 1.13 bits per heavy atom. The summed E-state index contributed by atoms with van der Waals surface area (Å²) in [4.78, 5) is 0. The number of allylic oxidation sites excluding steroid dienone is 3. The normalized spacial score (nSPS) is 41.8. The summed E-state index contributed by atoms with van der Waals surface area (Å²) in [6.07, 6.45) is 15.2. The van der Waals surface area contributed by atoms with Gasteiger partial charge in [-0.25, -0.2) is 0 Å². The van der Waals surface area contributed by atoms with Crippen molar-refractivity contribution in [3.63, 3.8) is 0 Å². The molecule has 0 spiro atoms. The van der Waals surface area contributed by atoms with E-state index in [2.05, 4.69) is 32.6 Å². The molecule has 4 rings (SSSR count). The summed E-state index contributed by atoms with van der Waals surface area (Å²) < 4.78 is 0. The van der Waals surface area contributed by atoms with Gasteiger partial charge in [0, 0.05) is 6.42 Å². The second-order valence-corrected chi connectivity index (χ2v) is 11.1. The number of rotatable bonds is 6. The highest BCUT2D eigenvalue weighted by atomic mass is 16.3. The van der Waals surface area contributed by atoms with Crippen LogP contribution < -0.4 is 0 Å². The zero-order valence-corrected chi connectivity index (χ0v) is 19.0. The monoisotopic (exact) mass is 414 g/mol. The molecule has 0 heterocycles. The summed E-state index contributed by atoms with van der Waals surface area (Å²) in [5, 5.41) is 30.5. The average molecular weight is 415 g/mol. The fourth-order valence-electron chi connectivity index (χ4n) is 7.03. The molecule has 4 fully saturated rings. The lowest BCUT2D eigenvalue weighted by Gasteiger charge is -2.44. The van der Waals surface area contributed by atoms with Gasteiger partial charge in [0.25, 0.3) is 0 Å². The van der Waals surface area contributed by atoms with Crippen LogP contribution in [0, 0.1) is 29.1 Å². The molecule has 0 bridgehead atoms. The molecule has 0 aliphatic heterocycles. The van der Waals surface area contributed by atoms with Gasteiger partial charge in [-0.2, -0.15) is 0 Å². The van der Waals surface area contributed by atoms with Gasteiger partial charge in [0.2, 0.25) is 0 Å². The van der Waals surface area contributed by atoms with Gasteiger partial charge in [-0.15, -0.1) is 0 Å². The van der Waals surface area contributed by atoms with Crippen molar-refractivity contribution in [1.29, 1.82) is 0 Å². The molecule has 30 heavy (non-hydrogen) atoms. The molecule has 3 heteroatoms. The van der Waals surface area contributed by atoms with Crippen LogP contribution in [-0.2, 0) is 0 Å². The van der Waals surface area contributed by atoms with E-state index in [0.717, 1.165) is 29.9 Å². The van der Waals surface area contributed by atoms with Crippen molar-refractivity contribution >= 4 is 0 Å². The number of aliphatic hydroxyl groups is 3. The molecule has 3 nitrogen and oxygen atoms in total. The third kappa shape index (κ3) is 4.49. The van der Waals surface area contributed by atoms with E-state index in [1.54, 1.807) is 5.57 Å². The summed E-state index contributed by atoms with van der Waals surface area (Å²) in [6.45, 7) is 9.01. The highest BCUT2D eigenvalue weighted by molar-refractivity contribution is 5.38. The summed E-state index contributed by atoms with van der Waals surface area (Å²) in [7, 11) is 0. The van der Waals surface area contributed by atoms with Crippen molar-refractivity contribution < 1.29 is 15.3 Å². The van der Waals surface area contributed by atoms with Crippen molar-refractivity contribution in [2.75, 3.05) is 0 Å². The van der Waals surface area contributed by atoms with Crippen LogP contribution in [0.3, 0.4) is 0 Å². The SMILES string of the molecule is C=C1C(=CC=C2CCCC3(C)C2CCC3C(C)CCC(O)C2CC2)CC(O)CC1O. The Hall–Kier alpha value is -0.900. The smallest absolute Gasteiger partial charge is 0.0811 e. The minimum atomic E-state index is -0.613. The number of hydrogen-bond acceptors (Lipinski definition) is 3. The fourth-order valence-corrected chi connectivity index (χ4v) is 7.03. The number of hydrogen-bond donors (Lipinski definition) is 3. The van der Waals surface area contributed by atoms with Gasteiger partial charge >= 0.3 is 0 Å². The Bertz CT molecular complexity index is 703. The minimum Gasteiger partial charge on any atom is -0.393 e. The highest BCUT2D eigenvalue weighted by Crippen LogP contribution is 2.60. The summed E-state index contributed by atoms with van der Waals surface area (Å²) in [5.74, 6) is 2.66. The van der Waals surface area contributed by atoms with Gasteiger partial charge < -0.3 is 15.3 Å². The van der Waals surface area contributed by atoms with Crippen molar-refractivity contribution in [3.05, 3.63) is 35.5 Å². The summed E-state index contributed by atoms with van der Waals surface area (Å²) in [6, 6.07) is 0. The molecule has 0 saturated heterocycles.